The molecule has 0 saturated carbocycles. The molecule has 1 N–H and O–H groups in total. The van der Waals surface area contributed by atoms with Crippen molar-refractivity contribution in [3.63, 3.8) is 0 Å². The summed E-state index contributed by atoms with van der Waals surface area (Å²) in [6.07, 6.45) is 0.0118. The van der Waals surface area contributed by atoms with Crippen LogP contribution in [-0.2, 0) is 29.7 Å². The molecule has 1 saturated heterocycles. The van der Waals surface area contributed by atoms with Crippen molar-refractivity contribution in [3.8, 4) is 0 Å². The van der Waals surface area contributed by atoms with Crippen LogP contribution in [0.15, 0.2) is 62.8 Å². The first-order valence-corrected chi connectivity index (χ1v) is 13.5. The maximum Gasteiger partial charge on any atom is 0.261 e. The van der Waals surface area contributed by atoms with Crippen molar-refractivity contribution in [3.05, 3.63) is 53.0 Å². The fourth-order valence-corrected chi connectivity index (χ4v) is 8.76. The number of nitrogens with one attached hydrogen (secondary N) is 1. The van der Waals surface area contributed by atoms with Gasteiger partial charge in [0.15, 0.2) is 19.7 Å². The van der Waals surface area contributed by atoms with Gasteiger partial charge in [0.25, 0.3) is 10.0 Å². The van der Waals surface area contributed by atoms with Crippen molar-refractivity contribution < 1.29 is 25.3 Å². The molecule has 1 fully saturated rings. The normalized spacial score (nSPS) is 19.7. The second-order valence-electron chi connectivity index (χ2n) is 6.16. The molecule has 1 atom stereocenters. The molecule has 2 aromatic rings. The van der Waals surface area contributed by atoms with E-state index in [1.807, 2.05) is 0 Å². The highest BCUT2D eigenvalue weighted by molar-refractivity contribution is 9.10. The third-order valence-corrected chi connectivity index (χ3v) is 10.2. The lowest BCUT2D eigenvalue weighted by Crippen LogP contribution is -2.23. The lowest BCUT2D eigenvalue weighted by Gasteiger charge is -2.12. The van der Waals surface area contributed by atoms with Gasteiger partial charge in [0.2, 0.25) is 0 Å². The van der Waals surface area contributed by atoms with E-state index in [4.69, 9.17) is 0 Å². The van der Waals surface area contributed by atoms with Crippen LogP contribution in [0.3, 0.4) is 0 Å². The molecule has 2 aromatic carbocycles. The summed E-state index contributed by atoms with van der Waals surface area (Å²) in [6.45, 7) is 0. The van der Waals surface area contributed by atoms with Crippen LogP contribution in [0.1, 0.15) is 6.42 Å². The minimum atomic E-state index is -4.01. The van der Waals surface area contributed by atoms with Crippen LogP contribution in [0.4, 0.5) is 5.69 Å². The third-order valence-electron chi connectivity index (χ3n) is 4.15. The Bertz CT molecular complexity index is 1190. The summed E-state index contributed by atoms with van der Waals surface area (Å²) in [4.78, 5) is -0.425. The fraction of sp³-hybridized carbons (Fsp3) is 0.250. The number of benzene rings is 2. The minimum absolute atomic E-state index is 0.0118. The van der Waals surface area contributed by atoms with Crippen LogP contribution in [0.2, 0.25) is 0 Å². The van der Waals surface area contributed by atoms with Crippen LogP contribution in [0.25, 0.3) is 0 Å². The Balaban J connectivity index is 1.93. The summed E-state index contributed by atoms with van der Waals surface area (Å²) >= 11 is 3.25. The van der Waals surface area contributed by atoms with Crippen molar-refractivity contribution in [1.82, 2.24) is 0 Å². The highest BCUT2D eigenvalue weighted by Crippen LogP contribution is 2.27. The van der Waals surface area contributed by atoms with E-state index in [0.29, 0.717) is 10.2 Å². The van der Waals surface area contributed by atoms with Crippen molar-refractivity contribution in [2.45, 2.75) is 21.5 Å². The Morgan fingerprint density at radius 1 is 0.963 bits per heavy atom. The van der Waals surface area contributed by atoms with Crippen molar-refractivity contribution >= 4 is 51.3 Å². The molecule has 1 aliphatic heterocycles. The predicted octanol–water partition coefficient (Wildman–Crippen LogP) is 2.21. The van der Waals surface area contributed by atoms with Crippen molar-refractivity contribution in [2.75, 3.05) is 16.2 Å². The molecule has 146 valence electrons. The number of halogens is 1. The van der Waals surface area contributed by atoms with Gasteiger partial charge in [-0.05, 0) is 42.8 Å². The standard InChI is InChI=1S/C16H16BrNO6S3/c17-12-3-1-4-13(9-12)18-27(23,24)15-6-2-5-14(10-15)26(21,22)16-7-8-25(19,20)11-16/h1-6,9-10,16,18H,7-8,11H2/t16-/m1/s1. The second kappa shape index (κ2) is 7.19. The zero-order valence-corrected chi connectivity index (χ0v) is 17.9. The van der Waals surface area contributed by atoms with Crippen molar-refractivity contribution in [1.29, 1.82) is 0 Å². The summed E-state index contributed by atoms with van der Waals surface area (Å²) in [5.74, 6) is -0.623. The molecule has 1 heterocycles. The SMILES string of the molecule is O=S1(=O)CC[C@@H](S(=O)(=O)c2cccc(S(=O)(=O)Nc3cccc(Br)c3)c2)C1. The summed E-state index contributed by atoms with van der Waals surface area (Å²) in [5, 5.41) is -1.06. The summed E-state index contributed by atoms with van der Waals surface area (Å²) < 4.78 is 76.9. The minimum Gasteiger partial charge on any atom is -0.280 e. The second-order valence-corrected chi connectivity index (χ2v) is 13.2. The van der Waals surface area contributed by atoms with E-state index in [-0.39, 0.29) is 22.0 Å². The number of sulfonamides is 1. The molecule has 11 heteroatoms. The smallest absolute Gasteiger partial charge is 0.261 e. The van der Waals surface area contributed by atoms with Gasteiger partial charge in [-0.3, -0.25) is 4.72 Å². The Labute approximate surface area is 166 Å². The summed E-state index contributed by atoms with van der Waals surface area (Å²) in [5.41, 5.74) is 0.319. The molecule has 3 rings (SSSR count). The molecule has 7 nitrogen and oxygen atoms in total. The van der Waals surface area contributed by atoms with E-state index < -0.39 is 40.7 Å². The molecule has 27 heavy (non-hydrogen) atoms. The van der Waals surface area contributed by atoms with Gasteiger partial charge in [0, 0.05) is 10.2 Å². The maximum absolute atomic E-state index is 12.7. The largest absolute Gasteiger partial charge is 0.280 e. The van der Waals surface area contributed by atoms with E-state index in [1.165, 1.54) is 18.2 Å². The highest BCUT2D eigenvalue weighted by atomic mass is 79.9. The number of rotatable bonds is 5. The molecule has 1 aliphatic rings. The van der Waals surface area contributed by atoms with Gasteiger partial charge >= 0.3 is 0 Å². The Kier molecular flexibility index (Phi) is 5.41. The number of hydrogen-bond donors (Lipinski definition) is 1. The third kappa shape index (κ3) is 4.53. The highest BCUT2D eigenvalue weighted by Gasteiger charge is 2.38. The molecule has 0 radical (unpaired) electrons. The molecule has 0 aliphatic carbocycles. The van der Waals surface area contributed by atoms with E-state index in [1.54, 1.807) is 24.3 Å². The average molecular weight is 494 g/mol. The lowest BCUT2D eigenvalue weighted by molar-refractivity contribution is 0.582. The molecule has 0 unspecified atom stereocenters. The lowest BCUT2D eigenvalue weighted by atomic mass is 10.3. The molecular formula is C16H16BrNO6S3. The van der Waals surface area contributed by atoms with Gasteiger partial charge < -0.3 is 0 Å². The zero-order valence-electron chi connectivity index (χ0n) is 13.9. The first-order chi connectivity index (χ1) is 12.5. The first-order valence-electron chi connectivity index (χ1n) is 7.82. The first kappa shape index (κ1) is 20.3. The van der Waals surface area contributed by atoms with E-state index >= 15 is 0 Å². The molecule has 0 spiro atoms. The van der Waals surface area contributed by atoms with Crippen molar-refractivity contribution in [2.24, 2.45) is 0 Å². The number of hydrogen-bond acceptors (Lipinski definition) is 6. The molecule has 0 aromatic heterocycles. The van der Waals surface area contributed by atoms with E-state index in [0.717, 1.165) is 6.07 Å². The number of anilines is 1. The summed E-state index contributed by atoms with van der Waals surface area (Å²) in [6, 6.07) is 11.5. The van der Waals surface area contributed by atoms with Crippen LogP contribution >= 0.6 is 15.9 Å². The Morgan fingerprint density at radius 3 is 2.26 bits per heavy atom. The van der Waals surface area contributed by atoms with Gasteiger partial charge in [-0.2, -0.15) is 0 Å². The maximum atomic E-state index is 12.7. The molecule has 0 bridgehead atoms. The van der Waals surface area contributed by atoms with Gasteiger partial charge in [-0.15, -0.1) is 0 Å². The van der Waals surface area contributed by atoms with E-state index in [2.05, 4.69) is 20.7 Å². The molecular weight excluding hydrogens is 478 g/mol. The van der Waals surface area contributed by atoms with Gasteiger partial charge in [-0.25, -0.2) is 25.3 Å². The van der Waals surface area contributed by atoms with Crippen LogP contribution in [0.5, 0.6) is 0 Å². The predicted molar refractivity (Wildman–Crippen MR) is 106 cm³/mol. The van der Waals surface area contributed by atoms with Gasteiger partial charge in [-0.1, -0.05) is 28.1 Å². The van der Waals surface area contributed by atoms with Crippen LogP contribution in [-0.4, -0.2) is 42.0 Å². The van der Waals surface area contributed by atoms with Gasteiger partial charge in [0.1, 0.15) is 0 Å². The van der Waals surface area contributed by atoms with E-state index in [9.17, 15) is 25.3 Å². The van der Waals surface area contributed by atoms with Crippen LogP contribution < -0.4 is 4.72 Å². The van der Waals surface area contributed by atoms with Gasteiger partial charge in [0.05, 0.1) is 26.5 Å². The topological polar surface area (TPSA) is 114 Å². The Morgan fingerprint density at radius 2 is 1.63 bits per heavy atom. The molecule has 0 amide bonds. The number of sulfone groups is 2. The monoisotopic (exact) mass is 493 g/mol. The zero-order chi connectivity index (χ0) is 19.9. The van der Waals surface area contributed by atoms with Crippen LogP contribution in [0, 0.1) is 0 Å². The quantitative estimate of drug-likeness (QED) is 0.682. The fourth-order valence-electron chi connectivity index (χ4n) is 2.78. The Hall–Kier alpha value is -1.43. The average Bonchev–Trinajstić information content (AvgIpc) is 2.95. The summed E-state index contributed by atoms with van der Waals surface area (Å²) in [7, 11) is -11.3.